The molecule has 1 aliphatic heterocycles. The molecule has 0 atom stereocenters. The van der Waals surface area contributed by atoms with Gasteiger partial charge in [0.05, 0.1) is 0 Å². The van der Waals surface area contributed by atoms with E-state index in [1.165, 1.54) is 5.56 Å². The summed E-state index contributed by atoms with van der Waals surface area (Å²) in [6, 6.07) is 17.9. The van der Waals surface area contributed by atoms with Gasteiger partial charge in [-0.15, -0.1) is 0 Å². The van der Waals surface area contributed by atoms with E-state index >= 15 is 0 Å². The van der Waals surface area contributed by atoms with Gasteiger partial charge < -0.3 is 20.1 Å². The maximum Gasteiger partial charge on any atom is 0.251 e. The zero-order valence-electron chi connectivity index (χ0n) is 16.3. The second kappa shape index (κ2) is 10.8. The lowest BCUT2D eigenvalue weighted by Gasteiger charge is -2.32. The van der Waals surface area contributed by atoms with E-state index in [2.05, 4.69) is 40.5 Å². The van der Waals surface area contributed by atoms with Crippen LogP contribution in [0, 0.1) is 0 Å². The van der Waals surface area contributed by atoms with Crippen molar-refractivity contribution in [1.82, 2.24) is 10.2 Å². The average molecular weight is 383 g/mol. The molecule has 1 saturated heterocycles. The highest BCUT2D eigenvalue weighted by Crippen LogP contribution is 2.20. The van der Waals surface area contributed by atoms with Crippen LogP contribution in [0.3, 0.4) is 0 Å². The SMILES string of the molecule is O=C(NCCCO)c1ccc(OC2CCN(CCc3ccccc3)CC2)cc1. The molecule has 1 fully saturated rings. The lowest BCUT2D eigenvalue weighted by molar-refractivity contribution is 0.0950. The minimum absolute atomic E-state index is 0.0815. The summed E-state index contributed by atoms with van der Waals surface area (Å²) in [4.78, 5) is 14.5. The molecule has 2 aromatic rings. The second-order valence-corrected chi connectivity index (χ2v) is 7.25. The first-order valence-corrected chi connectivity index (χ1v) is 10.2. The van der Waals surface area contributed by atoms with Crippen molar-refractivity contribution < 1.29 is 14.6 Å². The summed E-state index contributed by atoms with van der Waals surface area (Å²) in [5.41, 5.74) is 2.00. The number of rotatable bonds is 9. The van der Waals surface area contributed by atoms with E-state index in [1.54, 1.807) is 12.1 Å². The first kappa shape index (κ1) is 20.4. The fourth-order valence-corrected chi connectivity index (χ4v) is 3.44. The highest BCUT2D eigenvalue weighted by atomic mass is 16.5. The molecule has 0 spiro atoms. The van der Waals surface area contributed by atoms with Crippen molar-refractivity contribution in [2.45, 2.75) is 31.8 Å². The molecule has 0 unspecified atom stereocenters. The van der Waals surface area contributed by atoms with Gasteiger partial charge >= 0.3 is 0 Å². The van der Waals surface area contributed by atoms with Gasteiger partial charge in [-0.1, -0.05) is 30.3 Å². The Kier molecular flexibility index (Phi) is 7.88. The summed E-state index contributed by atoms with van der Waals surface area (Å²) in [5, 5.41) is 11.6. The lowest BCUT2D eigenvalue weighted by atomic mass is 10.1. The van der Waals surface area contributed by atoms with Crippen molar-refractivity contribution in [3.63, 3.8) is 0 Å². The third kappa shape index (κ3) is 6.36. The number of likely N-dealkylation sites (tertiary alicyclic amines) is 1. The molecule has 2 N–H and O–H groups in total. The Bertz CT molecular complexity index is 710. The van der Waals surface area contributed by atoms with Crippen LogP contribution in [0.5, 0.6) is 5.75 Å². The van der Waals surface area contributed by atoms with E-state index in [1.807, 2.05) is 12.1 Å². The van der Waals surface area contributed by atoms with E-state index in [0.717, 1.165) is 44.6 Å². The Morgan fingerprint density at radius 2 is 1.79 bits per heavy atom. The molecular weight excluding hydrogens is 352 g/mol. The van der Waals surface area contributed by atoms with Crippen LogP contribution in [0.1, 0.15) is 35.2 Å². The summed E-state index contributed by atoms with van der Waals surface area (Å²) in [6.45, 7) is 3.77. The Morgan fingerprint density at radius 3 is 2.46 bits per heavy atom. The number of hydrogen-bond acceptors (Lipinski definition) is 4. The highest BCUT2D eigenvalue weighted by Gasteiger charge is 2.20. The van der Waals surface area contributed by atoms with Gasteiger partial charge in [-0.05, 0) is 55.5 Å². The average Bonchev–Trinajstić information content (AvgIpc) is 2.75. The third-order valence-electron chi connectivity index (χ3n) is 5.13. The van der Waals surface area contributed by atoms with Crippen LogP contribution in [0.2, 0.25) is 0 Å². The smallest absolute Gasteiger partial charge is 0.251 e. The van der Waals surface area contributed by atoms with Gasteiger partial charge in [0.15, 0.2) is 0 Å². The van der Waals surface area contributed by atoms with Crippen molar-refractivity contribution >= 4 is 5.91 Å². The zero-order chi connectivity index (χ0) is 19.6. The third-order valence-corrected chi connectivity index (χ3v) is 5.13. The minimum Gasteiger partial charge on any atom is -0.490 e. The van der Waals surface area contributed by atoms with E-state index in [-0.39, 0.29) is 18.6 Å². The largest absolute Gasteiger partial charge is 0.490 e. The van der Waals surface area contributed by atoms with Gasteiger partial charge in [0, 0.05) is 38.3 Å². The van der Waals surface area contributed by atoms with Gasteiger partial charge in [0.2, 0.25) is 0 Å². The molecule has 1 heterocycles. The van der Waals surface area contributed by atoms with Crippen molar-refractivity contribution in [3.8, 4) is 5.75 Å². The van der Waals surface area contributed by atoms with E-state index in [4.69, 9.17) is 9.84 Å². The summed E-state index contributed by atoms with van der Waals surface area (Å²) in [5.74, 6) is 0.696. The number of carbonyl (C=O) groups excluding carboxylic acids is 1. The summed E-state index contributed by atoms with van der Waals surface area (Å²) in [6.07, 6.45) is 3.94. The van der Waals surface area contributed by atoms with E-state index in [0.29, 0.717) is 18.5 Å². The molecule has 0 aliphatic carbocycles. The fourth-order valence-electron chi connectivity index (χ4n) is 3.44. The van der Waals surface area contributed by atoms with Crippen molar-refractivity contribution in [3.05, 3.63) is 65.7 Å². The van der Waals surface area contributed by atoms with Crippen LogP contribution >= 0.6 is 0 Å². The Labute approximate surface area is 167 Å². The number of amides is 1. The van der Waals surface area contributed by atoms with Gasteiger partial charge in [-0.2, -0.15) is 0 Å². The molecule has 2 aromatic carbocycles. The maximum absolute atomic E-state index is 12.0. The number of nitrogens with zero attached hydrogens (tertiary/aromatic N) is 1. The molecule has 1 aliphatic rings. The van der Waals surface area contributed by atoms with Crippen molar-refractivity contribution in [1.29, 1.82) is 0 Å². The van der Waals surface area contributed by atoms with Crippen LogP contribution in [0.4, 0.5) is 0 Å². The molecule has 5 heteroatoms. The molecule has 5 nitrogen and oxygen atoms in total. The monoisotopic (exact) mass is 382 g/mol. The fraction of sp³-hybridized carbons (Fsp3) is 0.435. The zero-order valence-corrected chi connectivity index (χ0v) is 16.3. The van der Waals surface area contributed by atoms with Crippen LogP contribution < -0.4 is 10.1 Å². The number of nitrogens with one attached hydrogen (secondary N) is 1. The van der Waals surface area contributed by atoms with E-state index < -0.39 is 0 Å². The number of ether oxygens (including phenoxy) is 1. The molecular formula is C23H30N2O3. The molecule has 3 rings (SSSR count). The van der Waals surface area contributed by atoms with Gasteiger partial charge in [0.25, 0.3) is 5.91 Å². The number of hydrogen-bond donors (Lipinski definition) is 2. The molecule has 0 aromatic heterocycles. The molecule has 0 radical (unpaired) electrons. The molecule has 28 heavy (non-hydrogen) atoms. The van der Waals surface area contributed by atoms with Crippen LogP contribution in [-0.4, -0.2) is 54.8 Å². The summed E-state index contributed by atoms with van der Waals surface area (Å²) in [7, 11) is 0. The van der Waals surface area contributed by atoms with Gasteiger partial charge in [-0.25, -0.2) is 0 Å². The highest BCUT2D eigenvalue weighted by molar-refractivity contribution is 5.94. The first-order valence-electron chi connectivity index (χ1n) is 10.2. The number of aliphatic hydroxyl groups is 1. The Hall–Kier alpha value is -2.37. The first-order chi connectivity index (χ1) is 13.7. The van der Waals surface area contributed by atoms with Crippen LogP contribution in [0.15, 0.2) is 54.6 Å². The standard InChI is InChI=1S/C23H30N2O3/c26-18-4-14-24-23(27)20-7-9-21(10-8-20)28-22-12-16-25(17-13-22)15-11-19-5-2-1-3-6-19/h1-3,5-10,22,26H,4,11-18H2,(H,24,27). The molecule has 0 saturated carbocycles. The number of aliphatic hydroxyl groups excluding tert-OH is 1. The van der Waals surface area contributed by atoms with Crippen molar-refractivity contribution in [2.24, 2.45) is 0 Å². The second-order valence-electron chi connectivity index (χ2n) is 7.25. The molecule has 0 bridgehead atoms. The van der Waals surface area contributed by atoms with Crippen LogP contribution in [-0.2, 0) is 6.42 Å². The Balaban J connectivity index is 1.39. The van der Waals surface area contributed by atoms with Crippen LogP contribution in [0.25, 0.3) is 0 Å². The number of carbonyl (C=O) groups is 1. The van der Waals surface area contributed by atoms with Gasteiger partial charge in [0.1, 0.15) is 11.9 Å². The predicted molar refractivity (Wildman–Crippen MR) is 111 cm³/mol. The van der Waals surface area contributed by atoms with Crippen molar-refractivity contribution in [2.75, 3.05) is 32.8 Å². The molecule has 150 valence electrons. The normalized spacial score (nSPS) is 15.3. The summed E-state index contributed by atoms with van der Waals surface area (Å²) >= 11 is 0. The lowest BCUT2D eigenvalue weighted by Crippen LogP contribution is -2.39. The topological polar surface area (TPSA) is 61.8 Å². The number of benzene rings is 2. The van der Waals surface area contributed by atoms with E-state index in [9.17, 15) is 4.79 Å². The maximum atomic E-state index is 12.0. The Morgan fingerprint density at radius 1 is 1.07 bits per heavy atom. The summed E-state index contributed by atoms with van der Waals surface area (Å²) < 4.78 is 6.11. The quantitative estimate of drug-likeness (QED) is 0.655. The molecule has 1 amide bonds. The number of piperidine rings is 1. The predicted octanol–water partition coefficient (Wildman–Crippen LogP) is 2.88. The minimum atomic E-state index is -0.119. The van der Waals surface area contributed by atoms with Gasteiger partial charge in [-0.3, -0.25) is 4.79 Å².